The van der Waals surface area contributed by atoms with Gasteiger partial charge in [0.1, 0.15) is 18.5 Å². The molecule has 146 valence electrons. The first-order valence-electron chi connectivity index (χ1n) is 8.23. The normalized spacial score (nSPS) is 12.5. The monoisotopic (exact) mass is 382 g/mol. The van der Waals surface area contributed by atoms with E-state index in [1.54, 1.807) is 31.3 Å². The van der Waals surface area contributed by atoms with Crippen molar-refractivity contribution in [1.29, 1.82) is 0 Å². The lowest BCUT2D eigenvalue weighted by molar-refractivity contribution is -0.137. The minimum absolute atomic E-state index is 0.0120. The number of carbonyl (C=O) groups excluding carboxylic acids is 1. The van der Waals surface area contributed by atoms with Gasteiger partial charge in [0, 0.05) is 25.7 Å². The minimum atomic E-state index is -4.41. The number of aliphatic hydroxyl groups excluding tert-OH is 1. The summed E-state index contributed by atoms with van der Waals surface area (Å²) >= 11 is 0. The van der Waals surface area contributed by atoms with E-state index in [0.717, 1.165) is 17.7 Å². The quantitative estimate of drug-likeness (QED) is 0.772. The van der Waals surface area contributed by atoms with Crippen LogP contribution in [-0.4, -0.2) is 42.2 Å². The lowest BCUT2D eigenvalue weighted by Gasteiger charge is -2.21. The van der Waals surface area contributed by atoms with Crippen molar-refractivity contribution in [2.75, 3.05) is 20.2 Å². The van der Waals surface area contributed by atoms with Crippen LogP contribution in [0.4, 0.5) is 13.2 Å². The number of likely N-dealkylation sites (N-methyl/N-ethyl adjacent to an activating group) is 1. The summed E-state index contributed by atoms with van der Waals surface area (Å²) in [4.78, 5) is 13.7. The van der Waals surface area contributed by atoms with Gasteiger partial charge >= 0.3 is 6.18 Å². The number of amides is 1. The summed E-state index contributed by atoms with van der Waals surface area (Å²) < 4.78 is 42.8. The van der Waals surface area contributed by atoms with Crippen LogP contribution in [0.15, 0.2) is 48.5 Å². The Morgan fingerprint density at radius 1 is 1.15 bits per heavy atom. The van der Waals surface area contributed by atoms with Gasteiger partial charge in [-0.25, -0.2) is 0 Å². The fourth-order valence-electron chi connectivity index (χ4n) is 2.39. The van der Waals surface area contributed by atoms with Gasteiger partial charge < -0.3 is 20.5 Å². The fraction of sp³-hybridized carbons (Fsp3) is 0.316. The SMILES string of the molecule is CN(CC(O)COc1ccc(C(F)(F)F)cc1)C(=O)c1ccc(CN)cc1. The average molecular weight is 382 g/mol. The summed E-state index contributed by atoms with van der Waals surface area (Å²) in [7, 11) is 1.54. The summed E-state index contributed by atoms with van der Waals surface area (Å²) in [6.07, 6.45) is -5.41. The Bertz CT molecular complexity index is 746. The molecule has 2 aromatic carbocycles. The Morgan fingerprint density at radius 2 is 1.74 bits per heavy atom. The first kappa shape index (κ1) is 20.7. The van der Waals surface area contributed by atoms with Crippen molar-refractivity contribution in [3.8, 4) is 5.75 Å². The molecule has 3 N–H and O–H groups in total. The molecule has 1 atom stereocenters. The molecule has 0 aliphatic carbocycles. The van der Waals surface area contributed by atoms with Gasteiger partial charge in [0.2, 0.25) is 0 Å². The second-order valence-corrected chi connectivity index (χ2v) is 6.07. The zero-order chi connectivity index (χ0) is 20.0. The summed E-state index contributed by atoms with van der Waals surface area (Å²) in [5.41, 5.74) is 6.10. The van der Waals surface area contributed by atoms with E-state index in [9.17, 15) is 23.1 Å². The topological polar surface area (TPSA) is 75.8 Å². The molecule has 1 unspecified atom stereocenters. The number of alkyl halides is 3. The molecule has 0 aliphatic rings. The molecule has 0 bridgehead atoms. The number of hydrogen-bond acceptors (Lipinski definition) is 4. The van der Waals surface area contributed by atoms with Gasteiger partial charge in [0.15, 0.2) is 0 Å². The molecule has 0 saturated carbocycles. The predicted molar refractivity (Wildman–Crippen MR) is 94.2 cm³/mol. The van der Waals surface area contributed by atoms with Crippen molar-refractivity contribution in [2.24, 2.45) is 5.73 Å². The number of benzene rings is 2. The van der Waals surface area contributed by atoms with Crippen LogP contribution in [0.3, 0.4) is 0 Å². The van der Waals surface area contributed by atoms with Gasteiger partial charge in [-0.1, -0.05) is 12.1 Å². The number of hydrogen-bond donors (Lipinski definition) is 2. The molecule has 1 amide bonds. The molecule has 27 heavy (non-hydrogen) atoms. The van der Waals surface area contributed by atoms with E-state index in [0.29, 0.717) is 12.1 Å². The van der Waals surface area contributed by atoms with Crippen LogP contribution in [-0.2, 0) is 12.7 Å². The number of halogens is 3. The fourth-order valence-corrected chi connectivity index (χ4v) is 2.39. The molecule has 2 rings (SSSR count). The third kappa shape index (κ3) is 5.97. The zero-order valence-corrected chi connectivity index (χ0v) is 14.7. The number of carbonyl (C=O) groups is 1. The second kappa shape index (κ2) is 8.88. The lowest BCUT2D eigenvalue weighted by atomic mass is 10.1. The number of aliphatic hydroxyl groups is 1. The Kier molecular flexibility index (Phi) is 6.81. The highest BCUT2D eigenvalue weighted by Gasteiger charge is 2.30. The number of nitrogens with zero attached hydrogens (tertiary/aromatic N) is 1. The van der Waals surface area contributed by atoms with Gasteiger partial charge in [-0.3, -0.25) is 4.79 Å². The Balaban J connectivity index is 1.85. The van der Waals surface area contributed by atoms with Crippen molar-refractivity contribution >= 4 is 5.91 Å². The predicted octanol–water partition coefficient (Wildman–Crippen LogP) is 2.68. The Labute approximate surface area is 155 Å². The summed E-state index contributed by atoms with van der Waals surface area (Å²) in [6, 6.07) is 11.0. The van der Waals surface area contributed by atoms with Crippen LogP contribution >= 0.6 is 0 Å². The minimum Gasteiger partial charge on any atom is -0.491 e. The molecule has 5 nitrogen and oxygen atoms in total. The van der Waals surface area contributed by atoms with E-state index in [1.807, 2.05) is 0 Å². The Morgan fingerprint density at radius 3 is 2.26 bits per heavy atom. The number of ether oxygens (including phenoxy) is 1. The maximum atomic E-state index is 12.5. The zero-order valence-electron chi connectivity index (χ0n) is 14.7. The maximum Gasteiger partial charge on any atom is 0.416 e. The van der Waals surface area contributed by atoms with Crippen LogP contribution in [0.2, 0.25) is 0 Å². The summed E-state index contributed by atoms with van der Waals surface area (Å²) in [5.74, 6) is -0.0689. The highest BCUT2D eigenvalue weighted by Crippen LogP contribution is 2.30. The molecule has 0 spiro atoms. The van der Waals surface area contributed by atoms with Crippen molar-refractivity contribution in [1.82, 2.24) is 4.90 Å². The molecule has 0 aromatic heterocycles. The van der Waals surface area contributed by atoms with E-state index in [-0.39, 0.29) is 24.8 Å². The summed E-state index contributed by atoms with van der Waals surface area (Å²) in [5, 5.41) is 10.0. The molecule has 0 aliphatic heterocycles. The lowest BCUT2D eigenvalue weighted by Crippen LogP contribution is -2.37. The van der Waals surface area contributed by atoms with Crippen LogP contribution in [0.1, 0.15) is 21.5 Å². The Hall–Kier alpha value is -2.58. The van der Waals surface area contributed by atoms with Gasteiger partial charge in [0.25, 0.3) is 5.91 Å². The maximum absolute atomic E-state index is 12.5. The average Bonchev–Trinajstić information content (AvgIpc) is 2.65. The van der Waals surface area contributed by atoms with Crippen LogP contribution in [0.5, 0.6) is 5.75 Å². The van der Waals surface area contributed by atoms with Gasteiger partial charge in [0.05, 0.1) is 5.56 Å². The van der Waals surface area contributed by atoms with Gasteiger partial charge in [-0.15, -0.1) is 0 Å². The molecule has 0 saturated heterocycles. The first-order valence-corrected chi connectivity index (χ1v) is 8.23. The van der Waals surface area contributed by atoms with E-state index >= 15 is 0 Å². The smallest absolute Gasteiger partial charge is 0.416 e. The van der Waals surface area contributed by atoms with Crippen molar-refractivity contribution in [3.63, 3.8) is 0 Å². The van der Waals surface area contributed by atoms with Crippen molar-refractivity contribution < 1.29 is 27.8 Å². The molecule has 0 heterocycles. The largest absolute Gasteiger partial charge is 0.491 e. The van der Waals surface area contributed by atoms with Crippen molar-refractivity contribution in [3.05, 3.63) is 65.2 Å². The molecule has 2 aromatic rings. The molecule has 0 fully saturated rings. The molecular weight excluding hydrogens is 361 g/mol. The third-order valence-corrected chi connectivity index (χ3v) is 3.89. The van der Waals surface area contributed by atoms with E-state index < -0.39 is 17.8 Å². The van der Waals surface area contributed by atoms with Gasteiger partial charge in [-0.2, -0.15) is 13.2 Å². The standard InChI is InChI=1S/C19H21F3N2O3/c1-24(18(26)14-4-2-13(10-23)3-5-14)11-16(25)12-27-17-8-6-15(7-9-17)19(20,21)22/h2-9,16,25H,10-12,23H2,1H3. The van der Waals surface area contributed by atoms with E-state index in [2.05, 4.69) is 0 Å². The highest BCUT2D eigenvalue weighted by molar-refractivity contribution is 5.94. The molecule has 8 heteroatoms. The number of rotatable bonds is 7. The highest BCUT2D eigenvalue weighted by atomic mass is 19.4. The van der Waals surface area contributed by atoms with E-state index in [4.69, 9.17) is 10.5 Å². The molecular formula is C19H21F3N2O3. The molecule has 0 radical (unpaired) electrons. The van der Waals surface area contributed by atoms with Crippen LogP contribution in [0, 0.1) is 0 Å². The van der Waals surface area contributed by atoms with Crippen LogP contribution in [0.25, 0.3) is 0 Å². The van der Waals surface area contributed by atoms with Gasteiger partial charge in [-0.05, 0) is 42.0 Å². The van der Waals surface area contributed by atoms with Crippen molar-refractivity contribution in [2.45, 2.75) is 18.8 Å². The van der Waals surface area contributed by atoms with Crippen LogP contribution < -0.4 is 10.5 Å². The first-order chi connectivity index (χ1) is 12.7. The second-order valence-electron chi connectivity index (χ2n) is 6.07. The third-order valence-electron chi connectivity index (χ3n) is 3.89. The number of nitrogens with two attached hydrogens (primary N) is 1. The van der Waals surface area contributed by atoms with E-state index in [1.165, 1.54) is 17.0 Å². The summed E-state index contributed by atoms with van der Waals surface area (Å²) in [6.45, 7) is 0.234.